The predicted octanol–water partition coefficient (Wildman–Crippen LogP) is 2.48. The molecule has 0 saturated heterocycles. The number of hydrogen-bond acceptors (Lipinski definition) is 8. The van der Waals surface area contributed by atoms with Gasteiger partial charge >= 0.3 is 0 Å². The Kier molecular flexibility index (Phi) is 7.24. The number of thioether (sulfide) groups is 1. The largest absolute Gasteiger partial charge is 0.497 e. The van der Waals surface area contributed by atoms with E-state index in [1.165, 1.54) is 16.4 Å². The molecule has 0 radical (unpaired) electrons. The molecular formula is C21H25N5O4S. The van der Waals surface area contributed by atoms with Crippen LogP contribution in [0.25, 0.3) is 11.4 Å². The molecule has 2 aromatic carbocycles. The van der Waals surface area contributed by atoms with E-state index in [-0.39, 0.29) is 5.91 Å². The van der Waals surface area contributed by atoms with E-state index in [0.717, 1.165) is 16.9 Å². The van der Waals surface area contributed by atoms with Crippen molar-refractivity contribution in [1.29, 1.82) is 0 Å². The lowest BCUT2D eigenvalue weighted by Gasteiger charge is -2.12. The number of amides is 1. The van der Waals surface area contributed by atoms with Crippen LogP contribution in [0.4, 0.5) is 0 Å². The number of benzene rings is 2. The van der Waals surface area contributed by atoms with Gasteiger partial charge in [0.05, 0.1) is 26.6 Å². The van der Waals surface area contributed by atoms with Crippen LogP contribution in [-0.4, -0.2) is 47.4 Å². The highest BCUT2D eigenvalue weighted by atomic mass is 32.2. The minimum Gasteiger partial charge on any atom is -0.497 e. The summed E-state index contributed by atoms with van der Waals surface area (Å²) in [6.07, 6.45) is 0. The highest BCUT2D eigenvalue weighted by molar-refractivity contribution is 8.00. The van der Waals surface area contributed by atoms with Crippen LogP contribution in [0.5, 0.6) is 17.2 Å². The maximum Gasteiger partial charge on any atom is 0.233 e. The number of carbonyl (C=O) groups excluding carboxylic acids is 1. The van der Waals surface area contributed by atoms with Gasteiger partial charge in [-0.25, -0.2) is 4.68 Å². The third-order valence-corrected chi connectivity index (χ3v) is 5.64. The Hall–Kier alpha value is -3.40. The fourth-order valence-corrected chi connectivity index (χ4v) is 3.61. The van der Waals surface area contributed by atoms with Crippen LogP contribution in [0, 0.1) is 0 Å². The smallest absolute Gasteiger partial charge is 0.233 e. The topological polar surface area (TPSA) is 114 Å². The van der Waals surface area contributed by atoms with Crippen LogP contribution in [0.15, 0.2) is 47.6 Å². The van der Waals surface area contributed by atoms with Gasteiger partial charge in [-0.15, -0.1) is 10.2 Å². The Labute approximate surface area is 184 Å². The second kappa shape index (κ2) is 10.1. The number of methoxy groups -OCH3 is 3. The zero-order chi connectivity index (χ0) is 22.4. The number of hydrogen-bond donors (Lipinski definition) is 2. The normalized spacial score (nSPS) is 11.6. The number of nitrogen functional groups attached to an aromatic ring is 1. The Bertz CT molecular complexity index is 1040. The van der Waals surface area contributed by atoms with Crippen molar-refractivity contribution in [3.63, 3.8) is 0 Å². The molecular weight excluding hydrogens is 418 g/mol. The van der Waals surface area contributed by atoms with E-state index in [0.29, 0.717) is 29.0 Å². The van der Waals surface area contributed by atoms with E-state index in [2.05, 4.69) is 15.5 Å². The van der Waals surface area contributed by atoms with Crippen molar-refractivity contribution in [2.75, 3.05) is 27.2 Å². The van der Waals surface area contributed by atoms with E-state index in [1.54, 1.807) is 40.4 Å². The second-order valence-corrected chi connectivity index (χ2v) is 7.88. The molecule has 3 N–H and O–H groups in total. The Balaban J connectivity index is 1.64. The van der Waals surface area contributed by atoms with Crippen molar-refractivity contribution in [1.82, 2.24) is 20.2 Å². The number of nitrogens with zero attached hydrogens (tertiary/aromatic N) is 3. The summed E-state index contributed by atoms with van der Waals surface area (Å²) in [6.45, 7) is 2.21. The minimum atomic E-state index is -0.414. The molecule has 0 aliphatic rings. The SMILES string of the molecule is COc1ccc(CNC(=O)C(C)Sc2nnc(-c3ccc(OC)c(OC)c3)n2N)cc1. The molecule has 1 unspecified atom stereocenters. The van der Waals surface area contributed by atoms with Crippen molar-refractivity contribution >= 4 is 17.7 Å². The van der Waals surface area contributed by atoms with Gasteiger partial charge in [-0.05, 0) is 42.8 Å². The molecule has 0 aliphatic carbocycles. The molecule has 1 atom stereocenters. The molecule has 10 heteroatoms. The lowest BCUT2D eigenvalue weighted by molar-refractivity contribution is -0.120. The summed E-state index contributed by atoms with van der Waals surface area (Å²) in [5, 5.41) is 11.2. The maximum absolute atomic E-state index is 12.5. The first kappa shape index (κ1) is 22.3. The highest BCUT2D eigenvalue weighted by Gasteiger charge is 2.20. The van der Waals surface area contributed by atoms with Gasteiger partial charge in [0, 0.05) is 12.1 Å². The lowest BCUT2D eigenvalue weighted by Crippen LogP contribution is -2.30. The first-order valence-corrected chi connectivity index (χ1v) is 10.3. The van der Waals surface area contributed by atoms with Crippen molar-refractivity contribution < 1.29 is 19.0 Å². The Morgan fingerprint density at radius 2 is 1.77 bits per heavy atom. The third kappa shape index (κ3) is 5.21. The van der Waals surface area contributed by atoms with Crippen LogP contribution in [0.1, 0.15) is 12.5 Å². The van der Waals surface area contributed by atoms with E-state index in [1.807, 2.05) is 30.3 Å². The molecule has 0 aliphatic heterocycles. The molecule has 1 aromatic heterocycles. The van der Waals surface area contributed by atoms with E-state index in [9.17, 15) is 4.79 Å². The molecule has 9 nitrogen and oxygen atoms in total. The van der Waals surface area contributed by atoms with Gasteiger partial charge in [0.1, 0.15) is 5.75 Å². The summed E-state index contributed by atoms with van der Waals surface area (Å²) < 4.78 is 17.1. The Morgan fingerprint density at radius 1 is 1.06 bits per heavy atom. The maximum atomic E-state index is 12.5. The third-order valence-electron chi connectivity index (χ3n) is 4.58. The average molecular weight is 444 g/mol. The van der Waals surface area contributed by atoms with Gasteiger partial charge < -0.3 is 25.4 Å². The van der Waals surface area contributed by atoms with Gasteiger partial charge in [0.15, 0.2) is 17.3 Å². The van der Waals surface area contributed by atoms with Crippen LogP contribution in [0.2, 0.25) is 0 Å². The zero-order valence-electron chi connectivity index (χ0n) is 17.8. The summed E-state index contributed by atoms with van der Waals surface area (Å²) in [6, 6.07) is 12.9. The monoisotopic (exact) mass is 443 g/mol. The fraction of sp³-hybridized carbons (Fsp3) is 0.286. The van der Waals surface area contributed by atoms with Gasteiger partial charge in [-0.2, -0.15) is 0 Å². The highest BCUT2D eigenvalue weighted by Crippen LogP contribution is 2.32. The molecule has 0 saturated carbocycles. The number of carbonyl (C=O) groups is 1. The predicted molar refractivity (Wildman–Crippen MR) is 119 cm³/mol. The Morgan fingerprint density at radius 3 is 2.42 bits per heavy atom. The van der Waals surface area contributed by atoms with Crippen LogP contribution >= 0.6 is 11.8 Å². The molecule has 3 aromatic rings. The number of ether oxygens (including phenoxy) is 3. The van der Waals surface area contributed by atoms with Gasteiger partial charge in [0.25, 0.3) is 0 Å². The average Bonchev–Trinajstić information content (AvgIpc) is 3.17. The molecule has 0 fully saturated rings. The van der Waals surface area contributed by atoms with Crippen LogP contribution < -0.4 is 25.4 Å². The van der Waals surface area contributed by atoms with Crippen molar-refractivity contribution in [3.8, 4) is 28.6 Å². The number of rotatable bonds is 9. The van der Waals surface area contributed by atoms with Gasteiger partial charge in [0.2, 0.25) is 11.1 Å². The molecule has 164 valence electrons. The lowest BCUT2D eigenvalue weighted by atomic mass is 10.2. The zero-order valence-corrected chi connectivity index (χ0v) is 18.6. The van der Waals surface area contributed by atoms with Gasteiger partial charge in [-0.1, -0.05) is 23.9 Å². The molecule has 1 heterocycles. The van der Waals surface area contributed by atoms with Crippen molar-refractivity contribution in [2.24, 2.45) is 0 Å². The van der Waals surface area contributed by atoms with Crippen LogP contribution in [-0.2, 0) is 11.3 Å². The summed E-state index contributed by atoms with van der Waals surface area (Å²) in [4.78, 5) is 12.5. The molecule has 0 spiro atoms. The molecule has 0 bridgehead atoms. The van der Waals surface area contributed by atoms with Crippen molar-refractivity contribution in [2.45, 2.75) is 23.9 Å². The standard InChI is InChI=1S/C21H25N5O4S/c1-13(20(27)23-12-14-5-8-16(28-2)9-6-14)31-21-25-24-19(26(21)22)15-7-10-17(29-3)18(11-15)30-4/h5-11,13H,12,22H2,1-4H3,(H,23,27). The summed E-state index contributed by atoms with van der Waals surface area (Å²) in [5.74, 6) is 8.45. The van der Waals surface area contributed by atoms with E-state index >= 15 is 0 Å². The number of nitrogens with two attached hydrogens (primary N) is 1. The second-order valence-electron chi connectivity index (χ2n) is 6.57. The van der Waals surface area contributed by atoms with Crippen LogP contribution in [0.3, 0.4) is 0 Å². The first-order chi connectivity index (χ1) is 15.0. The van der Waals surface area contributed by atoms with Crippen molar-refractivity contribution in [3.05, 3.63) is 48.0 Å². The number of nitrogens with one attached hydrogen (secondary N) is 1. The molecule has 31 heavy (non-hydrogen) atoms. The summed E-state index contributed by atoms with van der Waals surface area (Å²) >= 11 is 1.23. The van der Waals surface area contributed by atoms with E-state index in [4.69, 9.17) is 20.1 Å². The molecule has 3 rings (SSSR count). The molecule has 1 amide bonds. The summed E-state index contributed by atoms with van der Waals surface area (Å²) in [5.41, 5.74) is 1.69. The quantitative estimate of drug-likeness (QED) is 0.383. The van der Waals surface area contributed by atoms with Gasteiger partial charge in [-0.3, -0.25) is 4.79 Å². The fourth-order valence-electron chi connectivity index (χ4n) is 2.82. The van der Waals surface area contributed by atoms with E-state index < -0.39 is 5.25 Å². The minimum absolute atomic E-state index is 0.128. The number of aromatic nitrogens is 3. The summed E-state index contributed by atoms with van der Waals surface area (Å²) in [7, 11) is 4.74. The first-order valence-electron chi connectivity index (χ1n) is 9.47.